The number of hydrogen-bond acceptors (Lipinski definition) is 6. The summed E-state index contributed by atoms with van der Waals surface area (Å²) in [4.78, 5) is 38.3. The molecule has 0 aromatic carbocycles. The highest BCUT2D eigenvalue weighted by Gasteiger charge is 2.19. The first kappa shape index (κ1) is 70.0. The van der Waals surface area contributed by atoms with E-state index in [1.54, 1.807) is 0 Å². The molecule has 0 aliphatic carbocycles. The van der Waals surface area contributed by atoms with Crippen LogP contribution in [0.25, 0.3) is 0 Å². The number of hydrogen-bond donors (Lipinski definition) is 0. The molecule has 0 radical (unpaired) electrons. The van der Waals surface area contributed by atoms with Crippen molar-refractivity contribution >= 4 is 17.9 Å². The number of carbonyl (C=O) groups is 3. The van der Waals surface area contributed by atoms with Gasteiger partial charge < -0.3 is 14.2 Å². The number of carbonyl (C=O) groups excluding carboxylic acids is 3. The van der Waals surface area contributed by atoms with E-state index in [-0.39, 0.29) is 37.5 Å². The van der Waals surface area contributed by atoms with Crippen molar-refractivity contribution in [3.63, 3.8) is 0 Å². The zero-order chi connectivity index (χ0) is 54.3. The van der Waals surface area contributed by atoms with Crippen molar-refractivity contribution in [1.29, 1.82) is 0 Å². The van der Waals surface area contributed by atoms with Crippen LogP contribution in [0.5, 0.6) is 0 Å². The molecule has 0 aliphatic rings. The summed E-state index contributed by atoms with van der Waals surface area (Å²) in [6.45, 7) is 6.23. The van der Waals surface area contributed by atoms with Crippen LogP contribution >= 0.6 is 0 Å². The predicted octanol–water partition coefficient (Wildman–Crippen LogP) is 20.5. The third-order valence-electron chi connectivity index (χ3n) is 12.0. The summed E-state index contributed by atoms with van der Waals surface area (Å²) in [5, 5.41) is 0. The molecule has 6 heteroatoms. The fraction of sp³-hybridized carbons (Fsp3) is 0.580. The molecule has 1 unspecified atom stereocenters. The summed E-state index contributed by atoms with van der Waals surface area (Å²) in [7, 11) is 0. The van der Waals surface area contributed by atoms with Crippen molar-refractivity contribution in [2.75, 3.05) is 13.2 Å². The Morgan fingerprint density at radius 3 is 0.760 bits per heavy atom. The number of ether oxygens (including phenoxy) is 3. The van der Waals surface area contributed by atoms with Crippen molar-refractivity contribution in [3.05, 3.63) is 158 Å². The molecule has 420 valence electrons. The summed E-state index contributed by atoms with van der Waals surface area (Å²) in [5.41, 5.74) is 0. The lowest BCUT2D eigenvalue weighted by Gasteiger charge is -2.18. The van der Waals surface area contributed by atoms with Gasteiger partial charge in [-0.3, -0.25) is 14.4 Å². The van der Waals surface area contributed by atoms with Crippen molar-refractivity contribution in [1.82, 2.24) is 0 Å². The highest BCUT2D eigenvalue weighted by atomic mass is 16.6. The van der Waals surface area contributed by atoms with E-state index >= 15 is 0 Å². The van der Waals surface area contributed by atoms with E-state index in [4.69, 9.17) is 14.2 Å². The minimum atomic E-state index is -0.821. The van der Waals surface area contributed by atoms with Crippen molar-refractivity contribution in [3.8, 4) is 0 Å². The molecule has 0 bridgehead atoms. The maximum atomic E-state index is 12.9. The van der Waals surface area contributed by atoms with Gasteiger partial charge in [-0.25, -0.2) is 0 Å². The van der Waals surface area contributed by atoms with Gasteiger partial charge in [-0.05, 0) is 141 Å². The average molecular weight is 1030 g/mol. The molecule has 1 atom stereocenters. The molecule has 0 rings (SSSR count). The molecule has 0 aliphatic heterocycles. The maximum Gasteiger partial charge on any atom is 0.306 e. The first-order valence-corrected chi connectivity index (χ1v) is 30.0. The topological polar surface area (TPSA) is 78.9 Å². The van der Waals surface area contributed by atoms with Gasteiger partial charge in [0.05, 0.1) is 0 Å². The smallest absolute Gasteiger partial charge is 0.306 e. The van der Waals surface area contributed by atoms with E-state index in [0.29, 0.717) is 19.3 Å². The molecule has 0 fully saturated rings. The first-order valence-electron chi connectivity index (χ1n) is 30.0. The van der Waals surface area contributed by atoms with Gasteiger partial charge in [-0.2, -0.15) is 0 Å². The summed E-state index contributed by atoms with van der Waals surface area (Å²) >= 11 is 0. The molecular formula is C69H108O6. The quantitative estimate of drug-likeness (QED) is 0.0261. The Hall–Kier alpha value is -4.97. The van der Waals surface area contributed by atoms with E-state index in [1.165, 1.54) is 38.5 Å². The van der Waals surface area contributed by atoms with Crippen LogP contribution in [-0.4, -0.2) is 37.2 Å². The molecule has 0 heterocycles. The third-order valence-corrected chi connectivity index (χ3v) is 12.0. The average Bonchev–Trinajstić information content (AvgIpc) is 3.41. The molecule has 0 aromatic heterocycles. The van der Waals surface area contributed by atoms with Crippen LogP contribution in [0.3, 0.4) is 0 Å². The van der Waals surface area contributed by atoms with Gasteiger partial charge in [0.2, 0.25) is 0 Å². The summed E-state index contributed by atoms with van der Waals surface area (Å²) < 4.78 is 16.8. The van der Waals surface area contributed by atoms with Crippen LogP contribution in [0, 0.1) is 0 Å². The second kappa shape index (κ2) is 61.6. The molecule has 0 saturated carbocycles. The predicted molar refractivity (Wildman–Crippen MR) is 325 cm³/mol. The Kier molecular flexibility index (Phi) is 57.5. The highest BCUT2D eigenvalue weighted by Crippen LogP contribution is 2.14. The van der Waals surface area contributed by atoms with Crippen molar-refractivity contribution in [2.24, 2.45) is 0 Å². The molecule has 0 amide bonds. The highest BCUT2D eigenvalue weighted by molar-refractivity contribution is 5.71. The van der Waals surface area contributed by atoms with Crippen LogP contribution in [0.4, 0.5) is 0 Å². The summed E-state index contributed by atoms with van der Waals surface area (Å²) in [5.74, 6) is -0.989. The second-order valence-electron chi connectivity index (χ2n) is 19.1. The fourth-order valence-corrected chi connectivity index (χ4v) is 7.63. The number of unbranched alkanes of at least 4 members (excludes halogenated alkanes) is 15. The minimum Gasteiger partial charge on any atom is -0.462 e. The molecule has 0 saturated heterocycles. The largest absolute Gasteiger partial charge is 0.462 e. The van der Waals surface area contributed by atoms with Gasteiger partial charge in [0, 0.05) is 19.3 Å². The van der Waals surface area contributed by atoms with Crippen molar-refractivity contribution in [2.45, 2.75) is 245 Å². The summed E-state index contributed by atoms with van der Waals surface area (Å²) in [6, 6.07) is 0. The van der Waals surface area contributed by atoms with Crippen LogP contribution in [0.2, 0.25) is 0 Å². The molecule has 0 aromatic rings. The molecule has 6 nitrogen and oxygen atoms in total. The fourth-order valence-electron chi connectivity index (χ4n) is 7.63. The normalized spacial score (nSPS) is 13.3. The van der Waals surface area contributed by atoms with Gasteiger partial charge in [-0.1, -0.05) is 237 Å². The van der Waals surface area contributed by atoms with Gasteiger partial charge in [-0.15, -0.1) is 0 Å². The van der Waals surface area contributed by atoms with E-state index in [0.717, 1.165) is 154 Å². The van der Waals surface area contributed by atoms with Gasteiger partial charge >= 0.3 is 17.9 Å². The van der Waals surface area contributed by atoms with Crippen LogP contribution in [-0.2, 0) is 28.6 Å². The van der Waals surface area contributed by atoms with Gasteiger partial charge in [0.25, 0.3) is 0 Å². The first-order chi connectivity index (χ1) is 37.0. The lowest BCUT2D eigenvalue weighted by atomic mass is 10.1. The molecule has 0 spiro atoms. The van der Waals surface area contributed by atoms with Gasteiger partial charge in [0.1, 0.15) is 13.2 Å². The van der Waals surface area contributed by atoms with E-state index < -0.39 is 6.10 Å². The monoisotopic (exact) mass is 1030 g/mol. The third kappa shape index (κ3) is 59.8. The maximum absolute atomic E-state index is 12.9. The molecule has 0 N–H and O–H groups in total. The number of esters is 3. The lowest BCUT2D eigenvalue weighted by Crippen LogP contribution is -2.30. The number of allylic oxidation sites excluding steroid dienone is 26. The Balaban J connectivity index is 4.55. The zero-order valence-corrected chi connectivity index (χ0v) is 48.0. The Labute approximate surface area is 460 Å². The van der Waals surface area contributed by atoms with E-state index in [2.05, 4.69) is 179 Å². The molecular weight excluding hydrogens is 925 g/mol. The van der Waals surface area contributed by atoms with E-state index in [1.807, 2.05) is 0 Å². The Bertz CT molecular complexity index is 1710. The second-order valence-corrected chi connectivity index (χ2v) is 19.1. The van der Waals surface area contributed by atoms with Crippen LogP contribution in [0.15, 0.2) is 158 Å². The Morgan fingerprint density at radius 2 is 0.480 bits per heavy atom. The van der Waals surface area contributed by atoms with Gasteiger partial charge in [0.15, 0.2) is 6.10 Å². The SMILES string of the molecule is CC/C=C\C/C=C\C/C=C\C/C=C\C/C=C\CCCCCC(=O)OCC(COC(=O)CCCCCCCCCCC/C=C\C/C=C\C/C=C\CC)OC(=O)CCCCC/C=C\C/C=C\C/C=C\C/C=C\C/C=C\CC. The van der Waals surface area contributed by atoms with E-state index in [9.17, 15) is 14.4 Å². The van der Waals surface area contributed by atoms with Crippen LogP contribution in [0.1, 0.15) is 239 Å². The molecule has 75 heavy (non-hydrogen) atoms. The lowest BCUT2D eigenvalue weighted by molar-refractivity contribution is -0.167. The summed E-state index contributed by atoms with van der Waals surface area (Å²) in [6.07, 6.45) is 89.5. The minimum absolute atomic E-state index is 0.112. The van der Waals surface area contributed by atoms with Crippen LogP contribution < -0.4 is 0 Å². The Morgan fingerprint density at radius 1 is 0.267 bits per heavy atom. The van der Waals surface area contributed by atoms with Crippen molar-refractivity contribution < 1.29 is 28.6 Å². The zero-order valence-electron chi connectivity index (χ0n) is 48.0. The number of rotatable bonds is 52. The standard InChI is InChI=1S/C69H108O6/c1-4-7-10-13-16-19-22-25-28-31-34-37-40-43-46-49-52-55-58-61-67(70)73-64-66(75-69(72)63-60-57-54-51-48-45-42-39-36-33-30-27-24-21-18-15-12-9-6-3)65-74-68(71)62-59-56-53-50-47-44-41-38-35-32-29-26-23-20-17-14-11-8-5-2/h7-12,16-21,25-30,34,36-37,39,43,45-46,48,66H,4-6,13-15,22-24,31-33,35,38,40-42,44,47,49-65H2,1-3H3/b10-7-,11-8-,12-9-,19-16-,20-17-,21-18-,28-25-,29-26-,30-27-,37-34-,39-36-,46-43-,48-45-.